The Hall–Kier alpha value is -3.66. The van der Waals surface area contributed by atoms with Crippen molar-refractivity contribution in [2.45, 2.75) is 97.8 Å². The molecule has 2 aromatic heterocycles. The van der Waals surface area contributed by atoms with Crippen molar-refractivity contribution in [2.24, 2.45) is 11.8 Å². The first kappa shape index (κ1) is 33.7. The Morgan fingerprint density at radius 2 is 1.72 bits per heavy atom. The number of benzene rings is 1. The number of nitrogens with one attached hydrogen (secondary N) is 1. The summed E-state index contributed by atoms with van der Waals surface area (Å²) < 4.78 is 8.38. The van der Waals surface area contributed by atoms with Gasteiger partial charge in [0.05, 0.1) is 15.9 Å². The van der Waals surface area contributed by atoms with Crippen molar-refractivity contribution < 1.29 is 23.9 Å². The van der Waals surface area contributed by atoms with Gasteiger partial charge in [-0.1, -0.05) is 12.1 Å². The highest BCUT2D eigenvalue weighted by Crippen LogP contribution is 2.34. The van der Waals surface area contributed by atoms with Crippen LogP contribution in [0.25, 0.3) is 10.2 Å². The molecule has 3 amide bonds. The van der Waals surface area contributed by atoms with E-state index >= 15 is 0 Å². The number of amides is 3. The zero-order chi connectivity index (χ0) is 33.0. The minimum absolute atomic E-state index is 0.0483. The SMILES string of the molecule is CCN(C(=O)Cn1c(C(=O)CC2CCC(C(=O)NC3CCN(C(=O)OC(C)(C)C)CC3)CC2)cc2sccc21)c1cccc(C)c1. The van der Waals surface area contributed by atoms with E-state index in [0.717, 1.165) is 60.0 Å². The number of nitrogens with zero attached hydrogens (tertiary/aromatic N) is 3. The van der Waals surface area contributed by atoms with Crippen molar-refractivity contribution in [3.63, 3.8) is 0 Å². The summed E-state index contributed by atoms with van der Waals surface area (Å²) in [7, 11) is 0. The first-order valence-corrected chi connectivity index (χ1v) is 17.5. The number of likely N-dealkylation sites (tertiary alicyclic amines) is 1. The third-order valence-electron chi connectivity index (χ3n) is 9.22. The summed E-state index contributed by atoms with van der Waals surface area (Å²) in [5, 5.41) is 5.22. The zero-order valence-corrected chi connectivity index (χ0v) is 28.7. The molecule has 0 atom stereocenters. The van der Waals surface area contributed by atoms with Crippen molar-refractivity contribution in [1.29, 1.82) is 0 Å². The summed E-state index contributed by atoms with van der Waals surface area (Å²) in [4.78, 5) is 56.2. The number of hydrogen-bond acceptors (Lipinski definition) is 6. The Morgan fingerprint density at radius 3 is 2.37 bits per heavy atom. The lowest BCUT2D eigenvalue weighted by molar-refractivity contribution is -0.127. The molecule has 2 fully saturated rings. The molecule has 9 nitrogen and oxygen atoms in total. The molecule has 10 heteroatoms. The number of Topliss-reactive ketones (excluding diaryl/α,β-unsaturated/α-hetero) is 1. The van der Waals surface area contributed by atoms with Gasteiger partial charge < -0.3 is 24.4 Å². The molecule has 5 rings (SSSR count). The Balaban J connectivity index is 1.13. The Bertz CT molecular complexity index is 1550. The van der Waals surface area contributed by atoms with E-state index in [9.17, 15) is 19.2 Å². The van der Waals surface area contributed by atoms with Gasteiger partial charge in [0.1, 0.15) is 12.1 Å². The number of carbonyl (C=O) groups excluding carboxylic acids is 4. The van der Waals surface area contributed by atoms with Gasteiger partial charge in [-0.15, -0.1) is 11.3 Å². The molecule has 3 aromatic rings. The van der Waals surface area contributed by atoms with Crippen molar-refractivity contribution in [1.82, 2.24) is 14.8 Å². The van der Waals surface area contributed by atoms with Crippen LogP contribution in [0.15, 0.2) is 41.8 Å². The van der Waals surface area contributed by atoms with Crippen LogP contribution in [0.2, 0.25) is 0 Å². The van der Waals surface area contributed by atoms with Crippen LogP contribution in [0.5, 0.6) is 0 Å². The molecule has 1 saturated heterocycles. The number of rotatable bonds is 9. The Kier molecular flexibility index (Phi) is 10.6. The van der Waals surface area contributed by atoms with Crippen LogP contribution in [0.3, 0.4) is 0 Å². The van der Waals surface area contributed by atoms with E-state index in [-0.39, 0.29) is 48.1 Å². The number of thiophene rings is 1. The smallest absolute Gasteiger partial charge is 0.410 e. The van der Waals surface area contributed by atoms with Crippen molar-refractivity contribution >= 4 is 50.9 Å². The minimum atomic E-state index is -0.524. The maximum atomic E-state index is 13.7. The molecule has 0 radical (unpaired) electrons. The second kappa shape index (κ2) is 14.4. The fraction of sp³-hybridized carbons (Fsp3) is 0.556. The molecule has 0 spiro atoms. The van der Waals surface area contributed by atoms with Crippen LogP contribution < -0.4 is 10.2 Å². The predicted molar refractivity (Wildman–Crippen MR) is 182 cm³/mol. The summed E-state index contributed by atoms with van der Waals surface area (Å²) in [6, 6.07) is 11.9. The number of aromatic nitrogens is 1. The number of anilines is 1. The number of fused-ring (bicyclic) bond motifs is 1. The van der Waals surface area contributed by atoms with E-state index in [1.165, 1.54) is 0 Å². The fourth-order valence-electron chi connectivity index (χ4n) is 6.75. The van der Waals surface area contributed by atoms with Crippen LogP contribution in [-0.4, -0.2) is 64.4 Å². The monoisotopic (exact) mass is 648 g/mol. The lowest BCUT2D eigenvalue weighted by Crippen LogP contribution is -2.49. The Labute approximate surface area is 276 Å². The maximum Gasteiger partial charge on any atom is 0.410 e. The molecule has 1 aromatic carbocycles. The molecule has 248 valence electrons. The largest absolute Gasteiger partial charge is 0.444 e. The molecule has 1 aliphatic carbocycles. The number of likely N-dealkylation sites (N-methyl/N-ethyl adjacent to an activating group) is 1. The van der Waals surface area contributed by atoms with E-state index in [2.05, 4.69) is 5.32 Å². The van der Waals surface area contributed by atoms with Gasteiger partial charge in [0, 0.05) is 43.7 Å². The van der Waals surface area contributed by atoms with Crippen molar-refractivity contribution in [3.05, 3.63) is 53.0 Å². The van der Waals surface area contributed by atoms with Gasteiger partial charge in [0.15, 0.2) is 5.78 Å². The van der Waals surface area contributed by atoms with Crippen molar-refractivity contribution in [2.75, 3.05) is 24.5 Å². The standard InChI is InChI=1S/C36H48N4O5S/c1-6-39(28-9-7-8-24(2)20-28)33(42)23-40-29-16-19-46-32(29)22-30(40)31(41)21-25-10-12-26(13-11-25)34(43)37-27-14-17-38(18-15-27)35(44)45-36(3,4)5/h7-9,16,19-20,22,25-27H,6,10-15,17-18,21,23H2,1-5H3,(H,37,43). The number of ether oxygens (including phenoxy) is 1. The highest BCUT2D eigenvalue weighted by atomic mass is 32.1. The molecule has 0 unspecified atom stereocenters. The summed E-state index contributed by atoms with van der Waals surface area (Å²) >= 11 is 1.58. The van der Waals surface area contributed by atoms with Gasteiger partial charge in [-0.3, -0.25) is 14.4 Å². The number of piperidine rings is 1. The van der Waals surface area contributed by atoms with Gasteiger partial charge in [0.2, 0.25) is 11.8 Å². The number of ketones is 1. The predicted octanol–water partition coefficient (Wildman–Crippen LogP) is 6.96. The number of hydrogen-bond donors (Lipinski definition) is 1. The molecule has 3 heterocycles. The second-order valence-electron chi connectivity index (χ2n) is 13.9. The van der Waals surface area contributed by atoms with Crippen LogP contribution in [-0.2, 0) is 20.9 Å². The average molecular weight is 649 g/mol. The van der Waals surface area contributed by atoms with E-state index in [4.69, 9.17) is 4.74 Å². The summed E-state index contributed by atoms with van der Waals surface area (Å²) in [5.41, 5.74) is 2.94. The van der Waals surface area contributed by atoms with E-state index in [1.54, 1.807) is 21.1 Å². The molecular weight excluding hydrogens is 600 g/mol. The first-order chi connectivity index (χ1) is 21.9. The molecule has 0 bridgehead atoms. The normalized spacial score (nSPS) is 19.2. The van der Waals surface area contributed by atoms with Crippen molar-refractivity contribution in [3.8, 4) is 0 Å². The van der Waals surface area contributed by atoms with Gasteiger partial charge in [-0.05, 0) is 114 Å². The average Bonchev–Trinajstić information content (AvgIpc) is 3.60. The molecule has 1 saturated carbocycles. The van der Waals surface area contributed by atoms with Crippen LogP contribution >= 0.6 is 11.3 Å². The summed E-state index contributed by atoms with van der Waals surface area (Å²) in [6.07, 6.45) is 4.73. The van der Waals surface area contributed by atoms with Gasteiger partial charge >= 0.3 is 6.09 Å². The highest BCUT2D eigenvalue weighted by molar-refractivity contribution is 7.17. The van der Waals surface area contributed by atoms with Crippen LogP contribution in [0.4, 0.5) is 10.5 Å². The first-order valence-electron chi connectivity index (χ1n) is 16.7. The van der Waals surface area contributed by atoms with E-state index in [1.807, 2.05) is 81.0 Å². The number of aryl methyl sites for hydroxylation is 1. The quantitative estimate of drug-likeness (QED) is 0.253. The lowest BCUT2D eigenvalue weighted by atomic mass is 9.79. The van der Waals surface area contributed by atoms with E-state index in [0.29, 0.717) is 31.7 Å². The Morgan fingerprint density at radius 1 is 1.00 bits per heavy atom. The second-order valence-corrected chi connectivity index (χ2v) is 14.8. The van der Waals surface area contributed by atoms with Crippen LogP contribution in [0.1, 0.15) is 88.7 Å². The molecule has 1 aliphatic heterocycles. The topological polar surface area (TPSA) is 101 Å². The third-order valence-corrected chi connectivity index (χ3v) is 10.1. The molecule has 46 heavy (non-hydrogen) atoms. The van der Waals surface area contributed by atoms with E-state index < -0.39 is 5.60 Å². The molecule has 1 N–H and O–H groups in total. The molecule has 2 aliphatic rings. The van der Waals surface area contributed by atoms with Gasteiger partial charge in [0.25, 0.3) is 0 Å². The third kappa shape index (κ3) is 8.18. The van der Waals surface area contributed by atoms with Gasteiger partial charge in [-0.25, -0.2) is 4.79 Å². The fourth-order valence-corrected chi connectivity index (χ4v) is 7.57. The van der Waals surface area contributed by atoms with Crippen LogP contribution in [0, 0.1) is 18.8 Å². The maximum absolute atomic E-state index is 13.7. The molecular formula is C36H48N4O5S. The van der Waals surface area contributed by atoms with Gasteiger partial charge in [-0.2, -0.15) is 0 Å². The lowest BCUT2D eigenvalue weighted by Gasteiger charge is -2.35. The number of carbonyl (C=O) groups is 4. The highest BCUT2D eigenvalue weighted by Gasteiger charge is 2.32. The summed E-state index contributed by atoms with van der Waals surface area (Å²) in [5.74, 6) is 0.253. The minimum Gasteiger partial charge on any atom is -0.444 e. The zero-order valence-electron chi connectivity index (χ0n) is 27.8. The summed E-state index contributed by atoms with van der Waals surface area (Å²) in [6.45, 7) is 11.4.